The average Bonchev–Trinajstić information content (AvgIpc) is 3.13. The molecular weight excluding hydrogens is 405 g/mol. The summed E-state index contributed by atoms with van der Waals surface area (Å²) < 4.78 is 45.7. The van der Waals surface area contributed by atoms with Gasteiger partial charge in [-0.1, -0.05) is 60.9 Å². The van der Waals surface area contributed by atoms with Gasteiger partial charge in [-0.3, -0.25) is 0 Å². The van der Waals surface area contributed by atoms with Crippen LogP contribution in [0, 0.1) is 5.82 Å². The molecule has 0 aliphatic heterocycles. The molecule has 3 aromatic rings. The fourth-order valence-corrected chi connectivity index (χ4v) is 3.97. The number of hydrogen-bond acceptors (Lipinski definition) is 5. The van der Waals surface area contributed by atoms with E-state index in [1.807, 2.05) is 24.3 Å². The first-order valence-corrected chi connectivity index (χ1v) is 10.6. The van der Waals surface area contributed by atoms with E-state index in [-0.39, 0.29) is 23.0 Å². The molecule has 1 heterocycles. The van der Waals surface area contributed by atoms with Crippen LogP contribution in [0.3, 0.4) is 0 Å². The van der Waals surface area contributed by atoms with Crippen molar-refractivity contribution in [3.63, 3.8) is 0 Å². The summed E-state index contributed by atoms with van der Waals surface area (Å²) in [6.45, 7) is 4.00. The van der Waals surface area contributed by atoms with E-state index >= 15 is 0 Å². The Balaban J connectivity index is 1.66. The van der Waals surface area contributed by atoms with Gasteiger partial charge in [-0.15, -0.1) is 0 Å². The van der Waals surface area contributed by atoms with Gasteiger partial charge in [0.15, 0.2) is 0 Å². The minimum atomic E-state index is -3.85. The topological polar surface area (TPSA) is 85.1 Å². The van der Waals surface area contributed by atoms with Crippen LogP contribution in [0.4, 0.5) is 4.39 Å². The van der Waals surface area contributed by atoms with E-state index in [4.69, 9.17) is 16.1 Å². The van der Waals surface area contributed by atoms with Crippen molar-refractivity contribution in [1.82, 2.24) is 14.9 Å². The van der Waals surface area contributed by atoms with Crippen molar-refractivity contribution in [2.45, 2.75) is 32.1 Å². The van der Waals surface area contributed by atoms with Crippen molar-refractivity contribution < 1.29 is 17.3 Å². The van der Waals surface area contributed by atoms with Crippen LogP contribution in [0.5, 0.6) is 0 Å². The number of aromatic nitrogens is 2. The zero-order chi connectivity index (χ0) is 20.3. The van der Waals surface area contributed by atoms with Gasteiger partial charge in [0.2, 0.25) is 21.7 Å². The predicted octanol–water partition coefficient (Wildman–Crippen LogP) is 4.27. The third kappa shape index (κ3) is 4.95. The molecule has 0 atom stereocenters. The maximum atomic E-state index is 13.8. The molecule has 0 aliphatic carbocycles. The molecule has 0 aliphatic rings. The zero-order valence-electron chi connectivity index (χ0n) is 15.3. The summed E-state index contributed by atoms with van der Waals surface area (Å²) in [6.07, 6.45) is 0. The summed E-state index contributed by atoms with van der Waals surface area (Å²) in [4.78, 5) is 4.20. The zero-order valence-corrected chi connectivity index (χ0v) is 16.9. The van der Waals surface area contributed by atoms with Crippen LogP contribution in [-0.2, 0) is 22.3 Å². The fourth-order valence-electron chi connectivity index (χ4n) is 2.54. The summed E-state index contributed by atoms with van der Waals surface area (Å²) in [5.41, 5.74) is 1.86. The molecule has 0 radical (unpaired) electrons. The lowest BCUT2D eigenvalue weighted by Gasteiger charge is -2.07. The van der Waals surface area contributed by atoms with Crippen molar-refractivity contribution in [2.24, 2.45) is 0 Å². The van der Waals surface area contributed by atoms with Crippen molar-refractivity contribution >= 4 is 21.6 Å². The minimum absolute atomic E-state index is 0.0512. The molecule has 0 unspecified atom stereocenters. The summed E-state index contributed by atoms with van der Waals surface area (Å²) >= 11 is 5.88. The highest BCUT2D eigenvalue weighted by Gasteiger charge is 2.19. The van der Waals surface area contributed by atoms with Crippen LogP contribution in [0.2, 0.25) is 5.02 Å². The highest BCUT2D eigenvalue weighted by Crippen LogP contribution is 2.22. The van der Waals surface area contributed by atoms with Crippen molar-refractivity contribution in [1.29, 1.82) is 0 Å². The Morgan fingerprint density at radius 2 is 1.89 bits per heavy atom. The Hall–Kier alpha value is -2.29. The summed E-state index contributed by atoms with van der Waals surface area (Å²) in [5.74, 6) is -0.390. The van der Waals surface area contributed by atoms with Gasteiger partial charge >= 0.3 is 0 Å². The van der Waals surface area contributed by atoms with Crippen LogP contribution in [0.1, 0.15) is 36.8 Å². The highest BCUT2D eigenvalue weighted by atomic mass is 35.5. The Bertz CT molecular complexity index is 1050. The van der Waals surface area contributed by atoms with E-state index in [9.17, 15) is 12.8 Å². The molecule has 2 aromatic carbocycles. The van der Waals surface area contributed by atoms with E-state index in [1.165, 1.54) is 17.7 Å². The molecule has 0 bridgehead atoms. The SMILES string of the molecule is CC(C)c1ccc(-c2noc(CNS(=O)(=O)Cc3c(F)cccc3Cl)n2)cc1. The second kappa shape index (κ2) is 8.38. The first-order chi connectivity index (χ1) is 13.2. The smallest absolute Gasteiger partial charge is 0.242 e. The predicted molar refractivity (Wildman–Crippen MR) is 105 cm³/mol. The van der Waals surface area contributed by atoms with Crippen LogP contribution < -0.4 is 4.72 Å². The van der Waals surface area contributed by atoms with Crippen LogP contribution in [0.25, 0.3) is 11.4 Å². The van der Waals surface area contributed by atoms with E-state index in [0.717, 1.165) is 11.6 Å². The van der Waals surface area contributed by atoms with Crippen molar-refractivity contribution in [3.05, 3.63) is 70.3 Å². The molecule has 9 heteroatoms. The van der Waals surface area contributed by atoms with Crippen LogP contribution >= 0.6 is 11.6 Å². The van der Waals surface area contributed by atoms with E-state index < -0.39 is 21.6 Å². The van der Waals surface area contributed by atoms with Crippen molar-refractivity contribution in [2.75, 3.05) is 0 Å². The normalized spacial score (nSPS) is 11.9. The molecule has 0 amide bonds. The molecule has 1 N–H and O–H groups in total. The molecule has 0 saturated carbocycles. The van der Waals surface area contributed by atoms with E-state index in [1.54, 1.807) is 0 Å². The highest BCUT2D eigenvalue weighted by molar-refractivity contribution is 7.88. The monoisotopic (exact) mass is 423 g/mol. The number of benzene rings is 2. The number of sulfonamides is 1. The lowest BCUT2D eigenvalue weighted by Crippen LogP contribution is -2.25. The first-order valence-electron chi connectivity index (χ1n) is 8.58. The number of hydrogen-bond donors (Lipinski definition) is 1. The lowest BCUT2D eigenvalue weighted by atomic mass is 10.0. The maximum absolute atomic E-state index is 13.8. The number of rotatable bonds is 7. The number of nitrogens with zero attached hydrogens (tertiary/aromatic N) is 2. The molecule has 148 valence electrons. The molecule has 0 fully saturated rings. The van der Waals surface area contributed by atoms with Gasteiger partial charge in [0, 0.05) is 16.1 Å². The Morgan fingerprint density at radius 1 is 1.18 bits per heavy atom. The molecule has 0 spiro atoms. The summed E-state index contributed by atoms with van der Waals surface area (Å²) in [7, 11) is -3.85. The van der Waals surface area contributed by atoms with Crippen molar-refractivity contribution in [3.8, 4) is 11.4 Å². The number of nitrogens with one attached hydrogen (secondary N) is 1. The Kier molecular flexibility index (Phi) is 6.12. The summed E-state index contributed by atoms with van der Waals surface area (Å²) in [6, 6.07) is 11.7. The quantitative estimate of drug-likeness (QED) is 0.613. The molecular formula is C19H19ClFN3O3S. The van der Waals surface area contributed by atoms with Gasteiger partial charge in [-0.25, -0.2) is 17.5 Å². The average molecular weight is 424 g/mol. The van der Waals surface area contributed by atoms with Gasteiger partial charge in [-0.05, 0) is 23.6 Å². The molecule has 1 aromatic heterocycles. The molecule has 6 nitrogen and oxygen atoms in total. The second-order valence-corrected chi connectivity index (χ2v) is 8.78. The standard InChI is InChI=1S/C19H19ClFN3O3S/c1-12(2)13-6-8-14(9-7-13)19-23-18(27-24-19)10-22-28(25,26)11-15-16(20)4-3-5-17(15)21/h3-9,12,22H,10-11H2,1-2H3. The third-order valence-corrected chi connectivity index (χ3v) is 5.75. The van der Waals surface area contributed by atoms with Crippen LogP contribution in [0.15, 0.2) is 47.0 Å². The fraction of sp³-hybridized carbons (Fsp3) is 0.263. The molecule has 28 heavy (non-hydrogen) atoms. The number of halogens is 2. The minimum Gasteiger partial charge on any atom is -0.338 e. The van der Waals surface area contributed by atoms with Crippen LogP contribution in [-0.4, -0.2) is 18.6 Å². The lowest BCUT2D eigenvalue weighted by molar-refractivity contribution is 0.376. The second-order valence-electron chi connectivity index (χ2n) is 6.57. The Morgan fingerprint density at radius 3 is 2.54 bits per heavy atom. The molecule has 0 saturated heterocycles. The van der Waals surface area contributed by atoms with Gasteiger partial charge in [0.1, 0.15) is 5.82 Å². The van der Waals surface area contributed by atoms with Gasteiger partial charge in [0.25, 0.3) is 0 Å². The largest absolute Gasteiger partial charge is 0.338 e. The van der Waals surface area contributed by atoms with E-state index in [0.29, 0.717) is 11.7 Å². The molecule has 3 rings (SSSR count). The maximum Gasteiger partial charge on any atom is 0.242 e. The first kappa shape index (κ1) is 20.4. The van der Waals surface area contributed by atoms with Gasteiger partial charge in [-0.2, -0.15) is 4.98 Å². The van der Waals surface area contributed by atoms with Gasteiger partial charge in [0.05, 0.1) is 12.3 Å². The third-order valence-electron chi connectivity index (χ3n) is 4.14. The Labute approximate surface area is 167 Å². The van der Waals surface area contributed by atoms with E-state index in [2.05, 4.69) is 28.7 Å². The summed E-state index contributed by atoms with van der Waals surface area (Å²) in [5, 5.41) is 3.92. The van der Waals surface area contributed by atoms with Gasteiger partial charge < -0.3 is 4.52 Å².